The Bertz CT molecular complexity index is 1410. The Morgan fingerprint density at radius 3 is 2.79 bits per heavy atom. The summed E-state index contributed by atoms with van der Waals surface area (Å²) < 4.78 is 44.8. The molecule has 1 aromatic carbocycles. The van der Waals surface area contributed by atoms with Crippen molar-refractivity contribution in [2.24, 2.45) is 0 Å². The Kier molecular flexibility index (Phi) is 7.23. The SMILES string of the molecule is Cc1ccc(NC(=O)c2cncc(C(F)(F)F)c2)cc1-c1cnc2c(c1)N1CCOCC1CC(=O)N2CCO. The molecule has 3 aromatic rings. The Morgan fingerprint density at radius 1 is 1.21 bits per heavy atom. The average molecular weight is 542 g/mol. The summed E-state index contributed by atoms with van der Waals surface area (Å²) in [6, 6.07) is 7.69. The number of ether oxygens (including phenoxy) is 1. The molecule has 4 heterocycles. The molecule has 1 unspecified atom stereocenters. The molecular formula is C27H26F3N5O4. The van der Waals surface area contributed by atoms with Gasteiger partial charge in [0.15, 0.2) is 5.82 Å². The van der Waals surface area contributed by atoms with Crippen LogP contribution in [0.2, 0.25) is 0 Å². The van der Waals surface area contributed by atoms with Crippen molar-refractivity contribution in [3.63, 3.8) is 0 Å². The van der Waals surface area contributed by atoms with Gasteiger partial charge < -0.3 is 20.1 Å². The second kappa shape index (κ2) is 10.6. The number of carbonyl (C=O) groups excluding carboxylic acids is 2. The zero-order valence-electron chi connectivity index (χ0n) is 21.0. The molecule has 9 nitrogen and oxygen atoms in total. The largest absolute Gasteiger partial charge is 0.417 e. The quantitative estimate of drug-likeness (QED) is 0.508. The molecular weight excluding hydrogens is 515 g/mol. The first kappa shape index (κ1) is 26.6. The Morgan fingerprint density at radius 2 is 2.03 bits per heavy atom. The van der Waals surface area contributed by atoms with Crippen molar-refractivity contribution in [3.05, 3.63) is 65.6 Å². The van der Waals surface area contributed by atoms with E-state index in [1.165, 1.54) is 4.90 Å². The van der Waals surface area contributed by atoms with E-state index in [2.05, 4.69) is 20.2 Å². The number of nitrogens with zero attached hydrogens (tertiary/aromatic N) is 4. The number of aliphatic hydroxyl groups excluding tert-OH is 1. The highest BCUT2D eigenvalue weighted by molar-refractivity contribution is 6.04. The molecule has 0 spiro atoms. The summed E-state index contributed by atoms with van der Waals surface area (Å²) >= 11 is 0. The number of nitrogens with one attached hydrogen (secondary N) is 1. The van der Waals surface area contributed by atoms with Crippen LogP contribution >= 0.6 is 0 Å². The van der Waals surface area contributed by atoms with Crippen LogP contribution in [-0.2, 0) is 15.7 Å². The lowest BCUT2D eigenvalue weighted by Gasteiger charge is -2.36. The third kappa shape index (κ3) is 5.43. The molecule has 2 amide bonds. The third-order valence-electron chi connectivity index (χ3n) is 6.81. The van der Waals surface area contributed by atoms with E-state index in [4.69, 9.17) is 4.74 Å². The zero-order valence-corrected chi connectivity index (χ0v) is 21.0. The predicted molar refractivity (Wildman–Crippen MR) is 138 cm³/mol. The molecule has 204 valence electrons. The fourth-order valence-electron chi connectivity index (χ4n) is 4.85. The standard InChI is InChI=1S/C27H26F3N5O4/c1-16-2-3-20(33-26(38)18-8-19(14-31-12-18)27(28,29)30)10-22(16)17-9-23-25(32-13-17)35(4-6-36)24(37)11-21-15-39-7-5-34(21)23/h2-3,8-10,12-14,21,36H,4-7,11,15H2,1H3,(H,33,38). The maximum absolute atomic E-state index is 13.1. The van der Waals surface area contributed by atoms with Gasteiger partial charge in [0.05, 0.1) is 49.2 Å². The van der Waals surface area contributed by atoms with E-state index in [9.17, 15) is 27.9 Å². The average Bonchev–Trinajstić information content (AvgIpc) is 3.03. The number of halogens is 3. The minimum atomic E-state index is -4.62. The van der Waals surface area contributed by atoms with Crippen molar-refractivity contribution in [3.8, 4) is 11.1 Å². The van der Waals surface area contributed by atoms with Crippen LogP contribution in [0.25, 0.3) is 11.1 Å². The summed E-state index contributed by atoms with van der Waals surface area (Å²) in [5, 5.41) is 12.2. The molecule has 12 heteroatoms. The molecule has 0 radical (unpaired) electrons. The number of rotatable bonds is 5. The number of aliphatic hydroxyl groups is 1. The van der Waals surface area contributed by atoms with Crippen LogP contribution in [0.15, 0.2) is 48.9 Å². The molecule has 0 saturated carbocycles. The molecule has 0 aliphatic carbocycles. The van der Waals surface area contributed by atoms with Crippen LogP contribution in [0.1, 0.15) is 27.9 Å². The van der Waals surface area contributed by atoms with Crippen molar-refractivity contribution in [2.45, 2.75) is 25.6 Å². The van der Waals surface area contributed by atoms with E-state index in [1.54, 1.807) is 24.4 Å². The van der Waals surface area contributed by atoms with Crippen molar-refractivity contribution in [2.75, 3.05) is 48.0 Å². The molecule has 2 aliphatic rings. The second-order valence-electron chi connectivity index (χ2n) is 9.41. The third-order valence-corrected chi connectivity index (χ3v) is 6.81. The van der Waals surface area contributed by atoms with Gasteiger partial charge in [0.25, 0.3) is 5.91 Å². The van der Waals surface area contributed by atoms with Gasteiger partial charge in [-0.3, -0.25) is 19.5 Å². The molecule has 1 fully saturated rings. The van der Waals surface area contributed by atoms with Gasteiger partial charge in [0.1, 0.15) is 0 Å². The maximum atomic E-state index is 13.1. The molecule has 2 aliphatic heterocycles. The Labute approximate surface area is 222 Å². The van der Waals surface area contributed by atoms with E-state index in [0.717, 1.165) is 34.6 Å². The van der Waals surface area contributed by atoms with Gasteiger partial charge in [-0.1, -0.05) is 6.07 Å². The highest BCUT2D eigenvalue weighted by Gasteiger charge is 2.36. The summed E-state index contributed by atoms with van der Waals surface area (Å²) in [6.45, 7) is 3.26. The molecule has 2 aromatic heterocycles. The highest BCUT2D eigenvalue weighted by Crippen LogP contribution is 2.38. The number of anilines is 3. The molecule has 2 N–H and O–H groups in total. The van der Waals surface area contributed by atoms with E-state index in [-0.39, 0.29) is 37.1 Å². The Balaban J connectivity index is 1.49. The van der Waals surface area contributed by atoms with E-state index >= 15 is 0 Å². The van der Waals surface area contributed by atoms with Crippen LogP contribution in [0.5, 0.6) is 0 Å². The van der Waals surface area contributed by atoms with Gasteiger partial charge >= 0.3 is 6.18 Å². The number of fused-ring (bicyclic) bond motifs is 3. The molecule has 0 bridgehead atoms. The van der Waals surface area contributed by atoms with Crippen molar-refractivity contribution in [1.29, 1.82) is 0 Å². The predicted octanol–water partition coefficient (Wildman–Crippen LogP) is 3.66. The molecule has 1 saturated heterocycles. The number of aryl methyl sites for hydroxylation is 1. The van der Waals surface area contributed by atoms with Gasteiger partial charge in [-0.15, -0.1) is 0 Å². The monoisotopic (exact) mass is 541 g/mol. The second-order valence-corrected chi connectivity index (χ2v) is 9.41. The van der Waals surface area contributed by atoms with Gasteiger partial charge in [-0.25, -0.2) is 4.98 Å². The number of amides is 2. The normalized spacial score (nSPS) is 17.4. The lowest BCUT2D eigenvalue weighted by Crippen LogP contribution is -2.46. The summed E-state index contributed by atoms with van der Waals surface area (Å²) in [5.74, 6) is -0.410. The van der Waals surface area contributed by atoms with Crippen molar-refractivity contribution in [1.82, 2.24) is 9.97 Å². The number of pyridine rings is 2. The van der Waals surface area contributed by atoms with Crippen molar-refractivity contribution >= 4 is 29.0 Å². The molecule has 5 rings (SSSR count). The number of morpholine rings is 1. The summed E-state index contributed by atoms with van der Waals surface area (Å²) in [7, 11) is 0. The van der Waals surface area contributed by atoms with Gasteiger partial charge in [0.2, 0.25) is 5.91 Å². The van der Waals surface area contributed by atoms with Crippen LogP contribution in [0.3, 0.4) is 0 Å². The van der Waals surface area contributed by atoms with E-state index < -0.39 is 17.6 Å². The van der Waals surface area contributed by atoms with Gasteiger partial charge in [0, 0.05) is 42.8 Å². The first-order valence-electron chi connectivity index (χ1n) is 12.4. The van der Waals surface area contributed by atoms with Crippen LogP contribution < -0.4 is 15.1 Å². The first-order valence-corrected chi connectivity index (χ1v) is 12.4. The zero-order chi connectivity index (χ0) is 27.7. The van der Waals surface area contributed by atoms with E-state index in [1.807, 2.05) is 13.0 Å². The van der Waals surface area contributed by atoms with Crippen LogP contribution in [0, 0.1) is 6.92 Å². The maximum Gasteiger partial charge on any atom is 0.417 e. The first-order chi connectivity index (χ1) is 18.7. The number of aromatic nitrogens is 2. The number of β-amino-alcohol motifs (C(OH)–C–C–N with tert-alkyl or cyclic N) is 1. The number of hydrogen-bond acceptors (Lipinski definition) is 7. The number of benzene rings is 1. The lowest BCUT2D eigenvalue weighted by atomic mass is 10.00. The van der Waals surface area contributed by atoms with Gasteiger partial charge in [-0.2, -0.15) is 13.2 Å². The highest BCUT2D eigenvalue weighted by atomic mass is 19.4. The topological polar surface area (TPSA) is 108 Å². The summed E-state index contributed by atoms with van der Waals surface area (Å²) in [5.41, 5.74) is 2.26. The minimum Gasteiger partial charge on any atom is -0.395 e. The minimum absolute atomic E-state index is 0.116. The fraction of sp³-hybridized carbons (Fsp3) is 0.333. The lowest BCUT2D eigenvalue weighted by molar-refractivity contribution is -0.137. The Hall–Kier alpha value is -4.03. The number of carbonyl (C=O) groups is 2. The van der Waals surface area contributed by atoms with Crippen molar-refractivity contribution < 1.29 is 32.6 Å². The molecule has 1 atom stereocenters. The van der Waals surface area contributed by atoms with Gasteiger partial charge in [-0.05, 0) is 42.3 Å². The fourth-order valence-corrected chi connectivity index (χ4v) is 4.85. The van der Waals surface area contributed by atoms with E-state index in [0.29, 0.717) is 37.5 Å². The number of alkyl halides is 3. The van der Waals surface area contributed by atoms with Crippen LogP contribution in [-0.4, -0.2) is 65.8 Å². The summed E-state index contributed by atoms with van der Waals surface area (Å²) in [4.78, 5) is 37.5. The smallest absolute Gasteiger partial charge is 0.395 e. The number of hydrogen-bond donors (Lipinski definition) is 2. The summed E-state index contributed by atoms with van der Waals surface area (Å²) in [6.07, 6.45) is -1.01. The molecule has 39 heavy (non-hydrogen) atoms. The van der Waals surface area contributed by atoms with Crippen LogP contribution in [0.4, 0.5) is 30.4 Å².